The number of anilines is 1. The van der Waals surface area contributed by atoms with E-state index in [0.717, 1.165) is 18.8 Å². The molecule has 14 heavy (non-hydrogen) atoms. The number of nitrogens with one attached hydrogen (secondary N) is 1. The van der Waals surface area contributed by atoms with Crippen molar-refractivity contribution in [2.45, 2.75) is 25.4 Å². The molecule has 3 heteroatoms. The molecule has 2 heterocycles. The van der Waals surface area contributed by atoms with Crippen molar-refractivity contribution >= 4 is 5.69 Å². The lowest BCUT2D eigenvalue weighted by Gasteiger charge is -2.23. The molecule has 1 atom stereocenters. The van der Waals surface area contributed by atoms with Gasteiger partial charge in [-0.2, -0.15) is 0 Å². The molecule has 1 aliphatic heterocycles. The van der Waals surface area contributed by atoms with E-state index >= 15 is 0 Å². The van der Waals surface area contributed by atoms with Gasteiger partial charge in [0.05, 0.1) is 6.10 Å². The first-order valence-electron chi connectivity index (χ1n) is 5.20. The van der Waals surface area contributed by atoms with Crippen molar-refractivity contribution in [3.05, 3.63) is 24.5 Å². The quantitative estimate of drug-likeness (QED) is 0.796. The second-order valence-electron chi connectivity index (χ2n) is 3.61. The van der Waals surface area contributed by atoms with Crippen molar-refractivity contribution in [2.75, 3.05) is 18.5 Å². The van der Waals surface area contributed by atoms with E-state index in [9.17, 15) is 0 Å². The van der Waals surface area contributed by atoms with Crippen LogP contribution < -0.4 is 5.32 Å². The second-order valence-corrected chi connectivity index (χ2v) is 3.61. The first kappa shape index (κ1) is 9.46. The Morgan fingerprint density at radius 2 is 2.21 bits per heavy atom. The zero-order valence-electron chi connectivity index (χ0n) is 8.28. The molecule has 0 amide bonds. The summed E-state index contributed by atoms with van der Waals surface area (Å²) in [6, 6.07) is 3.95. The van der Waals surface area contributed by atoms with Crippen molar-refractivity contribution < 1.29 is 4.74 Å². The number of pyridine rings is 1. The van der Waals surface area contributed by atoms with Crippen molar-refractivity contribution in [2.24, 2.45) is 0 Å². The molecular formula is C11H16N2O. The minimum atomic E-state index is 0.386. The van der Waals surface area contributed by atoms with Gasteiger partial charge in [-0.1, -0.05) is 0 Å². The number of nitrogens with zero attached hydrogens (tertiary/aromatic N) is 1. The molecule has 1 unspecified atom stereocenters. The van der Waals surface area contributed by atoms with Gasteiger partial charge in [-0.3, -0.25) is 4.98 Å². The highest BCUT2D eigenvalue weighted by atomic mass is 16.5. The lowest BCUT2D eigenvalue weighted by atomic mass is 10.1. The van der Waals surface area contributed by atoms with Crippen LogP contribution in [0.4, 0.5) is 5.69 Å². The third-order valence-electron chi connectivity index (χ3n) is 2.49. The Bertz CT molecular complexity index is 257. The number of aromatic nitrogens is 1. The average molecular weight is 192 g/mol. The molecule has 1 aromatic rings. The van der Waals surface area contributed by atoms with Crippen LogP contribution in [0.1, 0.15) is 19.3 Å². The van der Waals surface area contributed by atoms with Gasteiger partial charge in [-0.25, -0.2) is 0 Å². The van der Waals surface area contributed by atoms with Crippen LogP contribution >= 0.6 is 0 Å². The molecule has 1 N–H and O–H groups in total. The van der Waals surface area contributed by atoms with Gasteiger partial charge in [-0.05, 0) is 31.4 Å². The Kier molecular flexibility index (Phi) is 3.35. The smallest absolute Gasteiger partial charge is 0.0747 e. The Labute approximate surface area is 84.5 Å². The Morgan fingerprint density at radius 3 is 2.93 bits per heavy atom. The third-order valence-corrected chi connectivity index (χ3v) is 2.49. The summed E-state index contributed by atoms with van der Waals surface area (Å²) >= 11 is 0. The van der Waals surface area contributed by atoms with Crippen LogP contribution in [0, 0.1) is 0 Å². The average Bonchev–Trinajstić information content (AvgIpc) is 2.29. The molecule has 3 nitrogen and oxygen atoms in total. The van der Waals surface area contributed by atoms with Gasteiger partial charge in [0.1, 0.15) is 0 Å². The van der Waals surface area contributed by atoms with Gasteiger partial charge in [0.25, 0.3) is 0 Å². The van der Waals surface area contributed by atoms with E-state index < -0.39 is 0 Å². The molecule has 0 aliphatic carbocycles. The molecule has 1 aliphatic rings. The highest BCUT2D eigenvalue weighted by Crippen LogP contribution is 2.13. The van der Waals surface area contributed by atoms with E-state index in [2.05, 4.69) is 10.3 Å². The summed E-state index contributed by atoms with van der Waals surface area (Å²) in [7, 11) is 0. The fourth-order valence-electron chi connectivity index (χ4n) is 1.67. The molecule has 0 radical (unpaired) electrons. The summed E-state index contributed by atoms with van der Waals surface area (Å²) in [6.45, 7) is 1.83. The third kappa shape index (κ3) is 2.70. The van der Waals surface area contributed by atoms with Crippen LogP contribution in [-0.2, 0) is 4.74 Å². The Hall–Kier alpha value is -1.09. The minimum Gasteiger partial charge on any atom is -0.382 e. The Morgan fingerprint density at radius 1 is 1.36 bits per heavy atom. The zero-order valence-corrected chi connectivity index (χ0v) is 8.28. The monoisotopic (exact) mass is 192 g/mol. The predicted molar refractivity (Wildman–Crippen MR) is 56.3 cm³/mol. The molecule has 0 aromatic carbocycles. The number of ether oxygens (including phenoxy) is 1. The predicted octanol–water partition coefficient (Wildman–Crippen LogP) is 2.06. The number of hydrogen-bond donors (Lipinski definition) is 1. The standard InChI is InChI=1S/C11H16N2O/c1-2-8-14-11(3-1)9-13-10-4-6-12-7-5-10/h4-7,11H,1-3,8-9H2,(H,12,13). The van der Waals surface area contributed by atoms with Gasteiger partial charge in [0.15, 0.2) is 0 Å². The lowest BCUT2D eigenvalue weighted by Crippen LogP contribution is -2.26. The van der Waals surface area contributed by atoms with E-state index in [0.29, 0.717) is 6.10 Å². The summed E-state index contributed by atoms with van der Waals surface area (Å²) in [5.41, 5.74) is 1.12. The van der Waals surface area contributed by atoms with Crippen molar-refractivity contribution in [3.8, 4) is 0 Å². The highest BCUT2D eigenvalue weighted by molar-refractivity contribution is 5.40. The van der Waals surface area contributed by atoms with Crippen LogP contribution in [0.5, 0.6) is 0 Å². The summed E-state index contributed by atoms with van der Waals surface area (Å²) in [6.07, 6.45) is 7.66. The SMILES string of the molecule is c1cc(NCC2CCCCO2)ccn1. The number of rotatable bonds is 3. The molecule has 1 fully saturated rings. The largest absolute Gasteiger partial charge is 0.382 e. The summed E-state index contributed by atoms with van der Waals surface area (Å²) in [5, 5.41) is 3.35. The fourth-order valence-corrected chi connectivity index (χ4v) is 1.67. The van der Waals surface area contributed by atoms with Crippen LogP contribution in [0.25, 0.3) is 0 Å². The molecule has 76 valence electrons. The molecular weight excluding hydrogens is 176 g/mol. The normalized spacial score (nSPS) is 21.9. The second kappa shape index (κ2) is 4.96. The summed E-state index contributed by atoms with van der Waals surface area (Å²) < 4.78 is 5.62. The van der Waals surface area contributed by atoms with Crippen molar-refractivity contribution in [1.29, 1.82) is 0 Å². The van der Waals surface area contributed by atoms with Crippen LogP contribution in [0.15, 0.2) is 24.5 Å². The van der Waals surface area contributed by atoms with E-state index in [-0.39, 0.29) is 0 Å². The fraction of sp³-hybridized carbons (Fsp3) is 0.545. The topological polar surface area (TPSA) is 34.1 Å². The van der Waals surface area contributed by atoms with E-state index in [1.54, 1.807) is 12.4 Å². The van der Waals surface area contributed by atoms with Gasteiger partial charge in [0.2, 0.25) is 0 Å². The molecule has 0 saturated carbocycles. The molecule has 2 rings (SSSR count). The van der Waals surface area contributed by atoms with E-state index in [4.69, 9.17) is 4.74 Å². The van der Waals surface area contributed by atoms with Gasteiger partial charge < -0.3 is 10.1 Å². The molecule has 1 aromatic heterocycles. The summed E-state index contributed by atoms with van der Waals surface area (Å²) in [5.74, 6) is 0. The molecule has 0 bridgehead atoms. The van der Waals surface area contributed by atoms with Crippen LogP contribution in [0.2, 0.25) is 0 Å². The lowest BCUT2D eigenvalue weighted by molar-refractivity contribution is 0.0247. The number of hydrogen-bond acceptors (Lipinski definition) is 3. The summed E-state index contributed by atoms with van der Waals surface area (Å²) in [4.78, 5) is 3.97. The van der Waals surface area contributed by atoms with Gasteiger partial charge in [0, 0.05) is 31.2 Å². The maximum atomic E-state index is 5.62. The highest BCUT2D eigenvalue weighted by Gasteiger charge is 2.12. The van der Waals surface area contributed by atoms with Crippen LogP contribution in [-0.4, -0.2) is 24.2 Å². The maximum absolute atomic E-state index is 5.62. The minimum absolute atomic E-state index is 0.386. The van der Waals surface area contributed by atoms with Gasteiger partial charge in [-0.15, -0.1) is 0 Å². The molecule has 1 saturated heterocycles. The van der Waals surface area contributed by atoms with E-state index in [1.807, 2.05) is 12.1 Å². The van der Waals surface area contributed by atoms with Gasteiger partial charge >= 0.3 is 0 Å². The first-order chi connectivity index (χ1) is 6.95. The maximum Gasteiger partial charge on any atom is 0.0747 e. The van der Waals surface area contributed by atoms with Crippen molar-refractivity contribution in [1.82, 2.24) is 4.98 Å². The van der Waals surface area contributed by atoms with Crippen molar-refractivity contribution in [3.63, 3.8) is 0 Å². The molecule has 0 spiro atoms. The van der Waals surface area contributed by atoms with E-state index in [1.165, 1.54) is 19.3 Å². The van der Waals surface area contributed by atoms with Crippen LogP contribution in [0.3, 0.4) is 0 Å². The first-order valence-corrected chi connectivity index (χ1v) is 5.20. The Balaban J connectivity index is 1.76. The zero-order chi connectivity index (χ0) is 9.64.